The summed E-state index contributed by atoms with van der Waals surface area (Å²) in [7, 11) is 0. The van der Waals surface area contributed by atoms with Gasteiger partial charge in [0.15, 0.2) is 5.82 Å². The van der Waals surface area contributed by atoms with Crippen LogP contribution in [0.2, 0.25) is 10.2 Å². The monoisotopic (exact) mass is 362 g/mol. The van der Waals surface area contributed by atoms with Gasteiger partial charge in [-0.2, -0.15) is 5.10 Å². The molecule has 1 aliphatic carbocycles. The first-order valence-electron chi connectivity index (χ1n) is 7.55. The molecule has 0 unspecified atom stereocenters. The number of anilines is 1. The summed E-state index contributed by atoms with van der Waals surface area (Å²) in [6, 6.07) is 8.53. The number of halogens is 3. The number of nitrogens with one attached hydrogen (secondary N) is 1. The second-order valence-electron chi connectivity index (χ2n) is 5.66. The lowest BCUT2D eigenvalue weighted by molar-refractivity contribution is 0.631. The highest BCUT2D eigenvalue weighted by Gasteiger charge is 2.26. The van der Waals surface area contributed by atoms with E-state index in [-0.39, 0.29) is 10.7 Å². The first-order valence-corrected chi connectivity index (χ1v) is 8.30. The Kier molecular flexibility index (Phi) is 3.90. The average Bonchev–Trinajstić information content (AvgIpc) is 3.19. The minimum atomic E-state index is -0.433. The van der Waals surface area contributed by atoms with E-state index < -0.39 is 5.82 Å². The van der Waals surface area contributed by atoms with Crippen LogP contribution < -0.4 is 5.32 Å². The van der Waals surface area contributed by atoms with Crippen molar-refractivity contribution in [3.05, 3.63) is 58.7 Å². The number of rotatable bonds is 4. The fraction of sp³-hybridized carbons (Fsp3) is 0.176. The minimum Gasteiger partial charge on any atom is -0.382 e. The maximum absolute atomic E-state index is 14.4. The molecule has 122 valence electrons. The zero-order valence-corrected chi connectivity index (χ0v) is 14.0. The number of nitrogens with zero attached hydrogens (tertiary/aromatic N) is 3. The van der Waals surface area contributed by atoms with Crippen LogP contribution in [0.5, 0.6) is 0 Å². The second kappa shape index (κ2) is 6.07. The molecule has 1 N–H and O–H groups in total. The summed E-state index contributed by atoms with van der Waals surface area (Å²) in [5.41, 5.74) is 1.43. The summed E-state index contributed by atoms with van der Waals surface area (Å²) in [5, 5.41) is 8.03. The van der Waals surface area contributed by atoms with Crippen molar-refractivity contribution in [3.8, 4) is 16.9 Å². The normalized spacial score (nSPS) is 14.0. The zero-order valence-electron chi connectivity index (χ0n) is 12.5. The molecule has 1 saturated carbocycles. The number of pyridine rings is 1. The van der Waals surface area contributed by atoms with Crippen molar-refractivity contribution in [2.75, 3.05) is 5.32 Å². The SMILES string of the molecule is Fc1cccc(Cl)c1-c1c(NC2CC2)cc(-n2cccn2)nc1Cl. The molecule has 0 saturated heterocycles. The highest BCUT2D eigenvalue weighted by atomic mass is 35.5. The zero-order chi connectivity index (χ0) is 16.7. The molecule has 0 atom stereocenters. The Morgan fingerprint density at radius 1 is 1.17 bits per heavy atom. The molecule has 4 rings (SSSR count). The summed E-state index contributed by atoms with van der Waals surface area (Å²) >= 11 is 12.6. The summed E-state index contributed by atoms with van der Waals surface area (Å²) in [6.45, 7) is 0. The van der Waals surface area contributed by atoms with E-state index in [4.69, 9.17) is 23.2 Å². The van der Waals surface area contributed by atoms with Gasteiger partial charge in [-0.25, -0.2) is 14.1 Å². The van der Waals surface area contributed by atoms with Crippen LogP contribution in [0.25, 0.3) is 16.9 Å². The minimum absolute atomic E-state index is 0.179. The topological polar surface area (TPSA) is 42.7 Å². The van der Waals surface area contributed by atoms with Gasteiger partial charge in [-0.1, -0.05) is 29.3 Å². The summed E-state index contributed by atoms with van der Waals surface area (Å²) in [4.78, 5) is 4.36. The van der Waals surface area contributed by atoms with Crippen LogP contribution in [0.1, 0.15) is 12.8 Å². The number of hydrogen-bond donors (Lipinski definition) is 1. The van der Waals surface area contributed by atoms with Gasteiger partial charge >= 0.3 is 0 Å². The molecule has 1 fully saturated rings. The van der Waals surface area contributed by atoms with Gasteiger partial charge in [0.05, 0.1) is 5.02 Å². The van der Waals surface area contributed by atoms with Crippen molar-refractivity contribution < 1.29 is 4.39 Å². The van der Waals surface area contributed by atoms with Crippen LogP contribution in [-0.4, -0.2) is 20.8 Å². The van der Waals surface area contributed by atoms with E-state index in [1.54, 1.807) is 35.3 Å². The maximum atomic E-state index is 14.4. The highest BCUT2D eigenvalue weighted by molar-refractivity contribution is 6.36. The quantitative estimate of drug-likeness (QED) is 0.667. The molecule has 0 amide bonds. The van der Waals surface area contributed by atoms with Crippen LogP contribution in [-0.2, 0) is 0 Å². The maximum Gasteiger partial charge on any atom is 0.157 e. The van der Waals surface area contributed by atoms with Crippen LogP contribution in [0.3, 0.4) is 0 Å². The summed E-state index contributed by atoms with van der Waals surface area (Å²) in [5.74, 6) is 0.126. The molecule has 3 aromatic rings. The van der Waals surface area contributed by atoms with Gasteiger partial charge in [-0.05, 0) is 31.0 Å². The van der Waals surface area contributed by atoms with Crippen LogP contribution in [0.15, 0.2) is 42.7 Å². The Morgan fingerprint density at radius 2 is 2.00 bits per heavy atom. The van der Waals surface area contributed by atoms with Gasteiger partial charge in [0.2, 0.25) is 0 Å². The third-order valence-corrected chi connectivity index (χ3v) is 4.44. The summed E-state index contributed by atoms with van der Waals surface area (Å²) < 4.78 is 16.0. The van der Waals surface area contributed by atoms with E-state index in [9.17, 15) is 4.39 Å². The van der Waals surface area contributed by atoms with Crippen molar-refractivity contribution >= 4 is 28.9 Å². The smallest absolute Gasteiger partial charge is 0.157 e. The summed E-state index contributed by atoms with van der Waals surface area (Å²) in [6.07, 6.45) is 5.57. The van der Waals surface area contributed by atoms with Gasteiger partial charge in [-0.3, -0.25) is 0 Å². The number of hydrogen-bond acceptors (Lipinski definition) is 3. The van der Waals surface area contributed by atoms with Gasteiger partial charge < -0.3 is 5.32 Å². The average molecular weight is 363 g/mol. The fourth-order valence-electron chi connectivity index (χ4n) is 2.56. The molecule has 24 heavy (non-hydrogen) atoms. The lowest BCUT2D eigenvalue weighted by Gasteiger charge is -2.16. The predicted molar refractivity (Wildman–Crippen MR) is 93.4 cm³/mol. The Hall–Kier alpha value is -2.11. The van der Waals surface area contributed by atoms with E-state index in [2.05, 4.69) is 15.4 Å². The van der Waals surface area contributed by atoms with E-state index >= 15 is 0 Å². The van der Waals surface area contributed by atoms with Crippen molar-refractivity contribution in [3.63, 3.8) is 0 Å². The molecule has 0 aliphatic heterocycles. The van der Waals surface area contributed by atoms with Gasteiger partial charge in [-0.15, -0.1) is 0 Å². The van der Waals surface area contributed by atoms with E-state index in [0.717, 1.165) is 12.8 Å². The lowest BCUT2D eigenvalue weighted by atomic mass is 10.0. The van der Waals surface area contributed by atoms with Crippen molar-refractivity contribution in [1.82, 2.24) is 14.8 Å². The van der Waals surface area contributed by atoms with Gasteiger partial charge in [0, 0.05) is 41.3 Å². The molecule has 2 heterocycles. The molecule has 1 aliphatic rings. The largest absolute Gasteiger partial charge is 0.382 e. The van der Waals surface area contributed by atoms with Crippen LogP contribution in [0.4, 0.5) is 10.1 Å². The lowest BCUT2D eigenvalue weighted by Crippen LogP contribution is -2.07. The number of benzene rings is 1. The molecule has 1 aromatic carbocycles. The molecule has 2 aromatic heterocycles. The van der Waals surface area contributed by atoms with Crippen molar-refractivity contribution in [2.45, 2.75) is 18.9 Å². The predicted octanol–water partition coefficient (Wildman–Crippen LogP) is 4.95. The van der Waals surface area contributed by atoms with E-state index in [1.807, 2.05) is 6.07 Å². The molecule has 0 spiro atoms. The Morgan fingerprint density at radius 3 is 2.67 bits per heavy atom. The van der Waals surface area contributed by atoms with Crippen molar-refractivity contribution in [1.29, 1.82) is 0 Å². The Balaban J connectivity index is 1.92. The molecule has 7 heteroatoms. The first-order chi connectivity index (χ1) is 11.6. The Bertz CT molecular complexity index is 872. The van der Waals surface area contributed by atoms with Crippen molar-refractivity contribution in [2.24, 2.45) is 0 Å². The Labute approximate surface area is 148 Å². The first kappa shape index (κ1) is 15.4. The van der Waals surface area contributed by atoms with Crippen LogP contribution >= 0.6 is 23.2 Å². The molecule has 0 radical (unpaired) electrons. The standard InChI is InChI=1S/C17H13Cl2FN4/c18-11-3-1-4-12(20)15(11)16-13(22-10-5-6-10)9-14(23-17(16)19)24-8-2-7-21-24/h1-4,7-10H,5-6H2,(H,22,23). The second-order valence-corrected chi connectivity index (χ2v) is 6.42. The van der Waals surface area contributed by atoms with E-state index in [1.165, 1.54) is 6.07 Å². The molecule has 0 bridgehead atoms. The van der Waals surface area contributed by atoms with E-state index in [0.29, 0.717) is 28.1 Å². The van der Waals surface area contributed by atoms with Crippen LogP contribution in [0, 0.1) is 5.82 Å². The third kappa shape index (κ3) is 2.85. The van der Waals surface area contributed by atoms with Gasteiger partial charge in [0.25, 0.3) is 0 Å². The molecular weight excluding hydrogens is 350 g/mol. The van der Waals surface area contributed by atoms with Gasteiger partial charge in [0.1, 0.15) is 11.0 Å². The fourth-order valence-corrected chi connectivity index (χ4v) is 3.10. The third-order valence-electron chi connectivity index (χ3n) is 3.85. The molecular formula is C17H13Cl2FN4. The number of aromatic nitrogens is 3. The highest BCUT2D eigenvalue weighted by Crippen LogP contribution is 2.41. The molecule has 4 nitrogen and oxygen atoms in total.